The molecule has 0 spiro atoms. The molecule has 1 unspecified atom stereocenters. The van der Waals surface area contributed by atoms with Crippen LogP contribution in [0, 0.1) is 0 Å². The van der Waals surface area contributed by atoms with Gasteiger partial charge < -0.3 is 5.73 Å². The lowest BCUT2D eigenvalue weighted by atomic mass is 10.2. The summed E-state index contributed by atoms with van der Waals surface area (Å²) in [4.78, 5) is 1.28. The first-order chi connectivity index (χ1) is 7.40. The molecule has 3 heteroatoms. The number of benzene rings is 1. The van der Waals surface area contributed by atoms with Crippen molar-refractivity contribution in [3.8, 4) is 0 Å². The molecule has 1 atom stereocenters. The van der Waals surface area contributed by atoms with Gasteiger partial charge in [-0.25, -0.2) is 0 Å². The highest BCUT2D eigenvalue weighted by molar-refractivity contribution is 7.99. The Labute approximate surface area is 98.3 Å². The Kier molecular flexibility index (Phi) is 3.83. The second kappa shape index (κ2) is 5.35. The van der Waals surface area contributed by atoms with Crippen LogP contribution in [-0.2, 0) is 0 Å². The van der Waals surface area contributed by atoms with Gasteiger partial charge in [0.25, 0.3) is 0 Å². The van der Waals surface area contributed by atoms with Crippen LogP contribution in [0.5, 0.6) is 0 Å². The van der Waals surface area contributed by atoms with Crippen LogP contribution in [0.1, 0.15) is 10.8 Å². The van der Waals surface area contributed by atoms with Gasteiger partial charge in [0.1, 0.15) is 0 Å². The number of thiophene rings is 1. The first-order valence-corrected chi connectivity index (χ1v) is 6.66. The molecule has 0 aliphatic carbocycles. The number of rotatable bonds is 4. The minimum Gasteiger partial charge on any atom is -0.329 e. The third-order valence-electron chi connectivity index (χ3n) is 2.15. The van der Waals surface area contributed by atoms with Gasteiger partial charge in [0, 0.05) is 16.7 Å². The monoisotopic (exact) mass is 235 g/mol. The minimum atomic E-state index is 0.374. The molecule has 0 aliphatic rings. The fraction of sp³-hybridized carbons (Fsp3) is 0.167. The average molecular weight is 235 g/mol. The van der Waals surface area contributed by atoms with Crippen LogP contribution in [0.25, 0.3) is 0 Å². The molecule has 15 heavy (non-hydrogen) atoms. The summed E-state index contributed by atoms with van der Waals surface area (Å²) in [7, 11) is 0. The summed E-state index contributed by atoms with van der Waals surface area (Å²) < 4.78 is 0. The van der Waals surface area contributed by atoms with Gasteiger partial charge in [-0.3, -0.25) is 0 Å². The molecule has 0 radical (unpaired) electrons. The second-order valence-electron chi connectivity index (χ2n) is 3.21. The van der Waals surface area contributed by atoms with Crippen molar-refractivity contribution in [2.45, 2.75) is 10.1 Å². The average Bonchev–Trinajstić information content (AvgIpc) is 2.81. The number of hydrogen-bond donors (Lipinski definition) is 1. The van der Waals surface area contributed by atoms with Crippen molar-refractivity contribution in [1.29, 1.82) is 0 Å². The summed E-state index contributed by atoms with van der Waals surface area (Å²) in [6.45, 7) is 0.677. The van der Waals surface area contributed by atoms with Gasteiger partial charge in [0.05, 0.1) is 0 Å². The van der Waals surface area contributed by atoms with E-state index in [1.807, 2.05) is 17.8 Å². The maximum atomic E-state index is 5.80. The third kappa shape index (κ3) is 2.84. The summed E-state index contributed by atoms with van der Waals surface area (Å²) in [6, 6.07) is 12.6. The molecule has 2 rings (SSSR count). The first-order valence-electron chi connectivity index (χ1n) is 4.84. The van der Waals surface area contributed by atoms with Crippen molar-refractivity contribution < 1.29 is 0 Å². The highest BCUT2D eigenvalue weighted by atomic mass is 32.2. The Morgan fingerprint density at radius 1 is 1.20 bits per heavy atom. The molecule has 0 bridgehead atoms. The van der Waals surface area contributed by atoms with E-state index in [1.54, 1.807) is 11.3 Å². The predicted octanol–water partition coefficient (Wildman–Crippen LogP) is 3.54. The molecule has 1 nitrogen and oxygen atoms in total. The van der Waals surface area contributed by atoms with Crippen LogP contribution in [0.4, 0.5) is 0 Å². The van der Waals surface area contributed by atoms with E-state index in [1.165, 1.54) is 10.5 Å². The predicted molar refractivity (Wildman–Crippen MR) is 68.4 cm³/mol. The Morgan fingerprint density at radius 3 is 2.60 bits per heavy atom. The quantitative estimate of drug-likeness (QED) is 0.820. The van der Waals surface area contributed by atoms with Gasteiger partial charge in [-0.2, -0.15) is 11.3 Å². The van der Waals surface area contributed by atoms with Gasteiger partial charge in [-0.05, 0) is 34.5 Å². The lowest BCUT2D eigenvalue weighted by Crippen LogP contribution is -2.08. The Balaban J connectivity index is 2.10. The largest absolute Gasteiger partial charge is 0.329 e. The van der Waals surface area contributed by atoms with Crippen LogP contribution in [0.15, 0.2) is 52.1 Å². The zero-order chi connectivity index (χ0) is 10.5. The fourth-order valence-corrected chi connectivity index (χ4v) is 3.20. The van der Waals surface area contributed by atoms with Crippen LogP contribution < -0.4 is 5.73 Å². The zero-order valence-electron chi connectivity index (χ0n) is 8.30. The molecule has 1 aromatic carbocycles. The van der Waals surface area contributed by atoms with Crippen molar-refractivity contribution in [1.82, 2.24) is 0 Å². The van der Waals surface area contributed by atoms with Gasteiger partial charge in [0.2, 0.25) is 0 Å². The van der Waals surface area contributed by atoms with Gasteiger partial charge in [-0.15, -0.1) is 11.8 Å². The summed E-state index contributed by atoms with van der Waals surface area (Å²) in [5.41, 5.74) is 7.13. The van der Waals surface area contributed by atoms with Gasteiger partial charge in [-0.1, -0.05) is 18.2 Å². The highest BCUT2D eigenvalue weighted by Crippen LogP contribution is 2.34. The second-order valence-corrected chi connectivity index (χ2v) is 5.27. The Hall–Kier alpha value is -0.770. The van der Waals surface area contributed by atoms with E-state index in [9.17, 15) is 0 Å². The molecule has 0 saturated carbocycles. The molecule has 0 saturated heterocycles. The van der Waals surface area contributed by atoms with E-state index in [4.69, 9.17) is 5.73 Å². The number of hydrogen-bond acceptors (Lipinski definition) is 3. The maximum absolute atomic E-state index is 5.80. The summed E-state index contributed by atoms with van der Waals surface area (Å²) in [5, 5.41) is 4.65. The van der Waals surface area contributed by atoms with E-state index in [2.05, 4.69) is 41.1 Å². The summed E-state index contributed by atoms with van der Waals surface area (Å²) >= 11 is 3.55. The lowest BCUT2D eigenvalue weighted by Gasteiger charge is -2.12. The van der Waals surface area contributed by atoms with Gasteiger partial charge in [0.15, 0.2) is 0 Å². The van der Waals surface area contributed by atoms with E-state index >= 15 is 0 Å². The Bertz CT molecular complexity index is 383. The van der Waals surface area contributed by atoms with Crippen LogP contribution >= 0.6 is 23.1 Å². The zero-order valence-corrected chi connectivity index (χ0v) is 9.93. The van der Waals surface area contributed by atoms with E-state index in [0.717, 1.165) is 0 Å². The van der Waals surface area contributed by atoms with Crippen molar-refractivity contribution in [3.05, 3.63) is 52.7 Å². The van der Waals surface area contributed by atoms with Gasteiger partial charge >= 0.3 is 0 Å². The smallest absolute Gasteiger partial charge is 0.0475 e. The van der Waals surface area contributed by atoms with Crippen LogP contribution in [0.2, 0.25) is 0 Å². The molecule has 0 fully saturated rings. The number of nitrogens with two attached hydrogens (primary N) is 1. The maximum Gasteiger partial charge on any atom is 0.0475 e. The van der Waals surface area contributed by atoms with Crippen molar-refractivity contribution in [2.24, 2.45) is 5.73 Å². The Morgan fingerprint density at radius 2 is 2.00 bits per heavy atom. The molecule has 78 valence electrons. The molecular formula is C12H13NS2. The van der Waals surface area contributed by atoms with Crippen molar-refractivity contribution in [2.75, 3.05) is 6.54 Å². The molecular weight excluding hydrogens is 222 g/mol. The number of thioether (sulfide) groups is 1. The standard InChI is InChI=1S/C12H13NS2/c13-8-12(10-6-7-14-9-10)15-11-4-2-1-3-5-11/h1-7,9,12H,8,13H2. The first kappa shape index (κ1) is 10.7. The van der Waals surface area contributed by atoms with Crippen LogP contribution in [0.3, 0.4) is 0 Å². The molecule has 2 N–H and O–H groups in total. The molecule has 0 amide bonds. The molecule has 2 aromatic rings. The highest BCUT2D eigenvalue weighted by Gasteiger charge is 2.11. The third-order valence-corrected chi connectivity index (χ3v) is 4.15. The van der Waals surface area contributed by atoms with E-state index < -0.39 is 0 Å². The fourth-order valence-electron chi connectivity index (χ4n) is 1.37. The molecule has 0 aliphatic heterocycles. The molecule has 1 heterocycles. The molecule has 1 aromatic heterocycles. The van der Waals surface area contributed by atoms with E-state index in [0.29, 0.717) is 11.8 Å². The topological polar surface area (TPSA) is 26.0 Å². The SMILES string of the molecule is NCC(Sc1ccccc1)c1ccsc1. The van der Waals surface area contributed by atoms with Crippen LogP contribution in [-0.4, -0.2) is 6.54 Å². The van der Waals surface area contributed by atoms with Crippen molar-refractivity contribution in [3.63, 3.8) is 0 Å². The minimum absolute atomic E-state index is 0.374. The normalized spacial score (nSPS) is 12.6. The lowest BCUT2D eigenvalue weighted by molar-refractivity contribution is 0.946. The summed E-state index contributed by atoms with van der Waals surface area (Å²) in [6.07, 6.45) is 0. The summed E-state index contributed by atoms with van der Waals surface area (Å²) in [5.74, 6) is 0. The van der Waals surface area contributed by atoms with Crippen molar-refractivity contribution >= 4 is 23.1 Å². The van der Waals surface area contributed by atoms with E-state index in [-0.39, 0.29) is 0 Å².